The van der Waals surface area contributed by atoms with Gasteiger partial charge in [-0.1, -0.05) is 13.3 Å². The molecule has 0 aromatic heterocycles. The maximum atomic E-state index is 5.98. The van der Waals surface area contributed by atoms with Crippen LogP contribution in [0.25, 0.3) is 0 Å². The Bertz CT molecular complexity index is 240. The molecule has 3 heteroatoms. The van der Waals surface area contributed by atoms with Gasteiger partial charge in [0, 0.05) is 32.2 Å². The highest BCUT2D eigenvalue weighted by atomic mass is 16.5. The van der Waals surface area contributed by atoms with Crippen molar-refractivity contribution in [2.75, 3.05) is 33.4 Å². The summed E-state index contributed by atoms with van der Waals surface area (Å²) in [6, 6.07) is 0. The molecule has 0 spiro atoms. The Balaban J connectivity index is 1.83. The number of hydrogen-bond acceptors (Lipinski definition) is 3. The highest BCUT2D eigenvalue weighted by Crippen LogP contribution is 2.46. The van der Waals surface area contributed by atoms with Crippen LogP contribution in [-0.2, 0) is 9.47 Å². The summed E-state index contributed by atoms with van der Waals surface area (Å²) in [5.74, 6) is 0. The molecular weight excluding hydrogens is 214 g/mol. The zero-order valence-corrected chi connectivity index (χ0v) is 11.6. The van der Waals surface area contributed by atoms with E-state index in [1.807, 2.05) is 7.11 Å². The van der Waals surface area contributed by atoms with Crippen LogP contribution in [0, 0.1) is 5.41 Å². The van der Waals surface area contributed by atoms with E-state index in [1.165, 1.54) is 32.2 Å². The van der Waals surface area contributed by atoms with Crippen LogP contribution in [0.4, 0.5) is 0 Å². The predicted octanol–water partition coefficient (Wildman–Crippen LogP) is 2.30. The first kappa shape index (κ1) is 13.3. The van der Waals surface area contributed by atoms with Gasteiger partial charge in [0.1, 0.15) is 0 Å². The summed E-state index contributed by atoms with van der Waals surface area (Å²) >= 11 is 0. The van der Waals surface area contributed by atoms with Gasteiger partial charge in [-0.25, -0.2) is 0 Å². The Labute approximate surface area is 105 Å². The van der Waals surface area contributed by atoms with Crippen LogP contribution in [0.2, 0.25) is 0 Å². The molecule has 0 N–H and O–H groups in total. The number of ether oxygens (including phenoxy) is 2. The minimum Gasteiger partial charge on any atom is -0.384 e. The third-order valence-corrected chi connectivity index (χ3v) is 3.98. The molecule has 2 atom stereocenters. The second-order valence-corrected chi connectivity index (χ2v) is 5.98. The van der Waals surface area contributed by atoms with Crippen LogP contribution in [-0.4, -0.2) is 50.5 Å². The molecule has 17 heavy (non-hydrogen) atoms. The van der Waals surface area contributed by atoms with E-state index < -0.39 is 0 Å². The fourth-order valence-corrected chi connectivity index (χ4v) is 3.06. The fourth-order valence-electron chi connectivity index (χ4n) is 3.06. The average molecular weight is 241 g/mol. The van der Waals surface area contributed by atoms with Crippen LogP contribution in [0.3, 0.4) is 0 Å². The van der Waals surface area contributed by atoms with Crippen molar-refractivity contribution < 1.29 is 9.47 Å². The summed E-state index contributed by atoms with van der Waals surface area (Å²) in [5, 5.41) is 0. The Hall–Kier alpha value is -0.120. The van der Waals surface area contributed by atoms with E-state index in [-0.39, 0.29) is 0 Å². The molecule has 1 aliphatic carbocycles. The summed E-state index contributed by atoms with van der Waals surface area (Å²) < 4.78 is 11.3. The third-order valence-electron chi connectivity index (χ3n) is 3.98. The second kappa shape index (κ2) is 5.68. The topological polar surface area (TPSA) is 21.7 Å². The Morgan fingerprint density at radius 2 is 2.12 bits per heavy atom. The summed E-state index contributed by atoms with van der Waals surface area (Å²) in [7, 11) is 1.82. The number of rotatable bonds is 6. The molecule has 0 amide bonds. The van der Waals surface area contributed by atoms with Crippen LogP contribution in [0.15, 0.2) is 0 Å². The maximum Gasteiger partial charge on any atom is 0.0706 e. The van der Waals surface area contributed by atoms with Crippen LogP contribution < -0.4 is 0 Å². The van der Waals surface area contributed by atoms with E-state index in [2.05, 4.69) is 18.7 Å². The molecule has 0 unspecified atom stereocenters. The molecule has 1 saturated heterocycles. The van der Waals surface area contributed by atoms with Crippen molar-refractivity contribution in [2.24, 2.45) is 5.41 Å². The van der Waals surface area contributed by atoms with Gasteiger partial charge in [0.2, 0.25) is 0 Å². The third kappa shape index (κ3) is 3.67. The largest absolute Gasteiger partial charge is 0.384 e. The lowest BCUT2D eigenvalue weighted by atomic mass is 10.1. The minimum absolute atomic E-state index is 0.388. The lowest BCUT2D eigenvalue weighted by molar-refractivity contribution is -0.0861. The molecule has 0 aromatic rings. The molecule has 0 aromatic carbocycles. The quantitative estimate of drug-likeness (QED) is 0.712. The first-order valence-electron chi connectivity index (χ1n) is 7.04. The lowest BCUT2D eigenvalue weighted by Crippen LogP contribution is -2.48. The van der Waals surface area contributed by atoms with Crippen LogP contribution in [0.5, 0.6) is 0 Å². The molecule has 1 aliphatic heterocycles. The van der Waals surface area contributed by atoms with Crippen molar-refractivity contribution in [1.29, 1.82) is 0 Å². The van der Waals surface area contributed by atoms with E-state index in [1.54, 1.807) is 0 Å². The first-order chi connectivity index (χ1) is 8.17. The van der Waals surface area contributed by atoms with Crippen molar-refractivity contribution in [2.45, 2.75) is 51.7 Å². The smallest absolute Gasteiger partial charge is 0.0706 e. The average Bonchev–Trinajstić information content (AvgIpc) is 2.97. The van der Waals surface area contributed by atoms with Crippen LogP contribution in [0.1, 0.15) is 39.5 Å². The number of hydrogen-bond donors (Lipinski definition) is 0. The highest BCUT2D eigenvalue weighted by Gasteiger charge is 2.44. The number of methoxy groups -OCH3 is 1. The SMILES string of the molecule is CCC[C@H]1CN(CC2(COC)CC2)C[C@@H](C)O1. The molecule has 2 rings (SSSR count). The Morgan fingerprint density at radius 3 is 2.71 bits per heavy atom. The fraction of sp³-hybridized carbons (Fsp3) is 1.00. The predicted molar refractivity (Wildman–Crippen MR) is 69.2 cm³/mol. The molecule has 3 nitrogen and oxygen atoms in total. The van der Waals surface area contributed by atoms with E-state index in [9.17, 15) is 0 Å². The zero-order chi connectivity index (χ0) is 12.3. The Morgan fingerprint density at radius 1 is 1.35 bits per heavy atom. The summed E-state index contributed by atoms with van der Waals surface area (Å²) in [6.45, 7) is 8.77. The molecule has 100 valence electrons. The van der Waals surface area contributed by atoms with Crippen molar-refractivity contribution >= 4 is 0 Å². The van der Waals surface area contributed by atoms with Gasteiger partial charge in [0.25, 0.3) is 0 Å². The normalized spacial score (nSPS) is 32.6. The number of nitrogens with zero attached hydrogens (tertiary/aromatic N) is 1. The lowest BCUT2D eigenvalue weighted by Gasteiger charge is -2.38. The van der Waals surface area contributed by atoms with Gasteiger partial charge in [0.05, 0.1) is 18.8 Å². The van der Waals surface area contributed by atoms with Gasteiger partial charge in [-0.2, -0.15) is 0 Å². The summed E-state index contributed by atoms with van der Waals surface area (Å²) in [6.07, 6.45) is 5.92. The van der Waals surface area contributed by atoms with Crippen LogP contribution >= 0.6 is 0 Å². The molecule has 1 saturated carbocycles. The van der Waals surface area contributed by atoms with Gasteiger partial charge in [-0.3, -0.25) is 4.90 Å². The summed E-state index contributed by atoms with van der Waals surface area (Å²) in [5.41, 5.74) is 0.475. The molecule has 1 heterocycles. The van der Waals surface area contributed by atoms with Crippen molar-refractivity contribution in [3.05, 3.63) is 0 Å². The Kier molecular flexibility index (Phi) is 4.45. The minimum atomic E-state index is 0.388. The second-order valence-electron chi connectivity index (χ2n) is 5.98. The first-order valence-corrected chi connectivity index (χ1v) is 7.04. The zero-order valence-electron chi connectivity index (χ0n) is 11.6. The van der Waals surface area contributed by atoms with Gasteiger partial charge in [-0.15, -0.1) is 0 Å². The van der Waals surface area contributed by atoms with E-state index >= 15 is 0 Å². The van der Waals surface area contributed by atoms with Crippen molar-refractivity contribution in [3.63, 3.8) is 0 Å². The van der Waals surface area contributed by atoms with Gasteiger partial charge < -0.3 is 9.47 Å². The standard InChI is InChI=1S/C14H27NO2/c1-4-5-13-9-15(8-12(2)17-13)10-14(6-7-14)11-16-3/h12-13H,4-11H2,1-3H3/t12-,13+/m1/s1. The molecule has 2 fully saturated rings. The highest BCUT2D eigenvalue weighted by molar-refractivity contribution is 4.96. The van der Waals surface area contributed by atoms with Crippen molar-refractivity contribution in [3.8, 4) is 0 Å². The summed E-state index contributed by atoms with van der Waals surface area (Å²) in [4.78, 5) is 2.60. The number of morpholine rings is 1. The van der Waals surface area contributed by atoms with E-state index in [0.717, 1.165) is 19.7 Å². The van der Waals surface area contributed by atoms with E-state index in [0.29, 0.717) is 17.6 Å². The van der Waals surface area contributed by atoms with Crippen molar-refractivity contribution in [1.82, 2.24) is 4.90 Å². The molecular formula is C14H27NO2. The molecule has 0 bridgehead atoms. The molecule has 0 radical (unpaired) electrons. The monoisotopic (exact) mass is 241 g/mol. The van der Waals surface area contributed by atoms with Gasteiger partial charge in [-0.05, 0) is 26.2 Å². The van der Waals surface area contributed by atoms with Gasteiger partial charge in [0.15, 0.2) is 0 Å². The van der Waals surface area contributed by atoms with E-state index in [4.69, 9.17) is 9.47 Å². The molecule has 2 aliphatic rings. The van der Waals surface area contributed by atoms with Gasteiger partial charge >= 0.3 is 0 Å². The maximum absolute atomic E-state index is 5.98.